The van der Waals surface area contributed by atoms with Crippen LogP contribution in [0.1, 0.15) is 50.2 Å². The standard InChI is InChI=1S/C29H23NO3/c1-17-11-13-20(14-12-17)25-26(18(2)31)30-23-10-6-3-7-19(23)15-16-24(30)29(25)27(32)21-8-4-5-9-22(21)28(29)33/h3-16,24-26H,1-2H3/t24-,25-,26-/m0/s1. The van der Waals surface area contributed by atoms with Gasteiger partial charge in [0, 0.05) is 22.7 Å². The molecule has 0 N–H and O–H groups in total. The number of hydrogen-bond donors (Lipinski definition) is 0. The Hall–Kier alpha value is -3.79. The van der Waals surface area contributed by atoms with Crippen LogP contribution in [0.4, 0.5) is 5.69 Å². The number of rotatable bonds is 2. The quantitative estimate of drug-likeness (QED) is 0.533. The molecule has 1 aliphatic carbocycles. The van der Waals surface area contributed by atoms with Gasteiger partial charge >= 0.3 is 0 Å². The van der Waals surface area contributed by atoms with Gasteiger partial charge in [-0.15, -0.1) is 0 Å². The number of benzene rings is 3. The summed E-state index contributed by atoms with van der Waals surface area (Å²) < 4.78 is 0. The van der Waals surface area contributed by atoms with Gasteiger partial charge in [-0.25, -0.2) is 0 Å². The lowest BCUT2D eigenvalue weighted by molar-refractivity contribution is -0.118. The molecule has 3 atom stereocenters. The van der Waals surface area contributed by atoms with E-state index in [1.807, 2.05) is 72.5 Å². The van der Waals surface area contributed by atoms with E-state index in [4.69, 9.17) is 0 Å². The highest BCUT2D eigenvalue weighted by Gasteiger charge is 2.71. The number of anilines is 1. The van der Waals surface area contributed by atoms with Gasteiger partial charge in [0.1, 0.15) is 5.41 Å². The molecule has 1 spiro atoms. The first-order chi connectivity index (χ1) is 16.0. The van der Waals surface area contributed by atoms with Crippen molar-refractivity contribution in [2.24, 2.45) is 5.41 Å². The first-order valence-electron chi connectivity index (χ1n) is 11.3. The zero-order valence-electron chi connectivity index (χ0n) is 18.5. The van der Waals surface area contributed by atoms with Crippen LogP contribution in [0.15, 0.2) is 78.9 Å². The molecule has 0 radical (unpaired) electrons. The number of Topliss-reactive ketones (excluding diaryl/α,β-unsaturated/α-hetero) is 3. The predicted molar refractivity (Wildman–Crippen MR) is 128 cm³/mol. The minimum Gasteiger partial charge on any atom is -0.352 e. The van der Waals surface area contributed by atoms with E-state index in [1.165, 1.54) is 0 Å². The number of carbonyl (C=O) groups is 3. The minimum atomic E-state index is -1.39. The maximum Gasteiger partial charge on any atom is 0.180 e. The first-order valence-corrected chi connectivity index (χ1v) is 11.3. The van der Waals surface area contributed by atoms with Crippen LogP contribution < -0.4 is 4.90 Å². The fourth-order valence-electron chi connectivity index (χ4n) is 6.22. The SMILES string of the molecule is CC(=O)[C@H]1[C@H](c2ccc(C)cc2)C2(C(=O)c3ccccc3C2=O)[C@@H]2C=Cc3ccccc3N21. The second-order valence-corrected chi connectivity index (χ2v) is 9.29. The lowest BCUT2D eigenvalue weighted by Gasteiger charge is -2.37. The van der Waals surface area contributed by atoms with E-state index in [-0.39, 0.29) is 17.3 Å². The highest BCUT2D eigenvalue weighted by Crippen LogP contribution is 2.60. The van der Waals surface area contributed by atoms with E-state index >= 15 is 0 Å². The van der Waals surface area contributed by atoms with Gasteiger partial charge in [0.15, 0.2) is 17.3 Å². The van der Waals surface area contributed by atoms with Crippen molar-refractivity contribution in [2.45, 2.75) is 31.8 Å². The second-order valence-electron chi connectivity index (χ2n) is 9.29. The van der Waals surface area contributed by atoms with Crippen molar-refractivity contribution in [2.75, 3.05) is 4.90 Å². The molecule has 0 aromatic heterocycles. The smallest absolute Gasteiger partial charge is 0.180 e. The van der Waals surface area contributed by atoms with E-state index in [9.17, 15) is 14.4 Å². The van der Waals surface area contributed by atoms with Crippen LogP contribution in [0.2, 0.25) is 0 Å². The molecule has 1 fully saturated rings. The molecule has 0 saturated carbocycles. The van der Waals surface area contributed by atoms with Crippen LogP contribution in [-0.2, 0) is 4.79 Å². The van der Waals surface area contributed by atoms with Crippen LogP contribution in [0.5, 0.6) is 0 Å². The van der Waals surface area contributed by atoms with Crippen molar-refractivity contribution in [3.8, 4) is 0 Å². The molecular formula is C29H23NO3. The predicted octanol–water partition coefficient (Wildman–Crippen LogP) is 5.02. The maximum absolute atomic E-state index is 14.2. The zero-order valence-corrected chi connectivity index (χ0v) is 18.5. The van der Waals surface area contributed by atoms with Crippen LogP contribution in [0.25, 0.3) is 6.08 Å². The molecule has 0 amide bonds. The summed E-state index contributed by atoms with van der Waals surface area (Å²) in [7, 11) is 0. The van der Waals surface area contributed by atoms with Crippen LogP contribution in [-0.4, -0.2) is 29.4 Å². The molecule has 3 aromatic rings. The Morgan fingerprint density at radius 3 is 2.09 bits per heavy atom. The summed E-state index contributed by atoms with van der Waals surface area (Å²) in [4.78, 5) is 43.8. The summed E-state index contributed by atoms with van der Waals surface area (Å²) >= 11 is 0. The molecule has 4 heteroatoms. The summed E-state index contributed by atoms with van der Waals surface area (Å²) in [5, 5.41) is 0. The van der Waals surface area contributed by atoms with Gasteiger partial charge in [0.25, 0.3) is 0 Å². The molecular weight excluding hydrogens is 410 g/mol. The Kier molecular flexibility index (Phi) is 4.12. The number of fused-ring (bicyclic) bond motifs is 5. The van der Waals surface area contributed by atoms with E-state index in [0.717, 1.165) is 22.4 Å². The van der Waals surface area contributed by atoms with Crippen molar-refractivity contribution in [1.29, 1.82) is 0 Å². The number of para-hydroxylation sites is 1. The normalized spacial score (nSPS) is 24.1. The van der Waals surface area contributed by atoms with Gasteiger partial charge in [0.2, 0.25) is 0 Å². The molecule has 2 heterocycles. The van der Waals surface area contributed by atoms with Gasteiger partial charge in [-0.2, -0.15) is 0 Å². The Morgan fingerprint density at radius 1 is 0.848 bits per heavy atom. The summed E-state index contributed by atoms with van der Waals surface area (Å²) in [5.74, 6) is -1.01. The largest absolute Gasteiger partial charge is 0.352 e. The van der Waals surface area contributed by atoms with Gasteiger partial charge in [-0.1, -0.05) is 84.4 Å². The molecule has 33 heavy (non-hydrogen) atoms. The minimum absolute atomic E-state index is 0.0518. The van der Waals surface area contributed by atoms with Crippen LogP contribution >= 0.6 is 0 Å². The topological polar surface area (TPSA) is 54.5 Å². The monoisotopic (exact) mass is 433 g/mol. The average molecular weight is 434 g/mol. The van der Waals surface area contributed by atoms with Gasteiger partial charge in [0.05, 0.1) is 12.1 Å². The van der Waals surface area contributed by atoms with Crippen molar-refractivity contribution < 1.29 is 14.4 Å². The van der Waals surface area contributed by atoms with Crippen molar-refractivity contribution in [3.05, 3.63) is 107 Å². The van der Waals surface area contributed by atoms with E-state index in [0.29, 0.717) is 11.1 Å². The molecule has 1 saturated heterocycles. The van der Waals surface area contributed by atoms with Crippen molar-refractivity contribution in [1.82, 2.24) is 0 Å². The van der Waals surface area contributed by atoms with E-state index < -0.39 is 23.4 Å². The molecule has 0 bridgehead atoms. The summed E-state index contributed by atoms with van der Waals surface area (Å²) in [6.07, 6.45) is 3.94. The first kappa shape index (κ1) is 19.9. The second kappa shape index (κ2) is 6.85. The number of hydrogen-bond acceptors (Lipinski definition) is 4. The van der Waals surface area contributed by atoms with Crippen molar-refractivity contribution in [3.63, 3.8) is 0 Å². The maximum atomic E-state index is 14.2. The molecule has 4 nitrogen and oxygen atoms in total. The molecule has 0 unspecified atom stereocenters. The Balaban J connectivity index is 1.68. The third-order valence-electron chi connectivity index (χ3n) is 7.57. The van der Waals surface area contributed by atoms with Crippen LogP contribution in [0, 0.1) is 12.3 Å². The fraction of sp³-hybridized carbons (Fsp3) is 0.207. The van der Waals surface area contributed by atoms with Gasteiger partial charge in [-0.05, 0) is 31.0 Å². The number of ketones is 3. The fourth-order valence-corrected chi connectivity index (χ4v) is 6.22. The Labute approximate surface area is 192 Å². The average Bonchev–Trinajstić information content (AvgIpc) is 3.27. The zero-order chi connectivity index (χ0) is 22.9. The summed E-state index contributed by atoms with van der Waals surface area (Å²) in [6.45, 7) is 3.57. The summed E-state index contributed by atoms with van der Waals surface area (Å²) in [6, 6.07) is 21.7. The lowest BCUT2D eigenvalue weighted by atomic mass is 9.64. The molecule has 6 rings (SSSR count). The van der Waals surface area contributed by atoms with Crippen LogP contribution in [0.3, 0.4) is 0 Å². The van der Waals surface area contributed by atoms with Crippen molar-refractivity contribution >= 4 is 29.1 Å². The summed E-state index contributed by atoms with van der Waals surface area (Å²) in [5.41, 5.74) is 3.31. The Bertz CT molecular complexity index is 1330. The Morgan fingerprint density at radius 2 is 1.45 bits per heavy atom. The third kappa shape index (κ3) is 2.44. The molecule has 2 aliphatic heterocycles. The lowest BCUT2D eigenvalue weighted by Crippen LogP contribution is -2.48. The third-order valence-corrected chi connectivity index (χ3v) is 7.57. The number of nitrogens with zero attached hydrogens (tertiary/aromatic N) is 1. The number of carbonyl (C=O) groups excluding carboxylic acids is 3. The molecule has 3 aliphatic rings. The van der Waals surface area contributed by atoms with E-state index in [2.05, 4.69) is 0 Å². The highest BCUT2D eigenvalue weighted by atomic mass is 16.2. The van der Waals surface area contributed by atoms with Gasteiger partial charge < -0.3 is 4.90 Å². The number of aryl methyl sites for hydroxylation is 1. The molecule has 162 valence electrons. The highest BCUT2D eigenvalue weighted by molar-refractivity contribution is 6.32. The van der Waals surface area contributed by atoms with E-state index in [1.54, 1.807) is 31.2 Å². The molecule has 3 aromatic carbocycles. The van der Waals surface area contributed by atoms with Gasteiger partial charge in [-0.3, -0.25) is 14.4 Å².